The van der Waals surface area contributed by atoms with Crippen LogP contribution in [-0.2, 0) is 22.9 Å². The molecule has 0 spiro atoms. The van der Waals surface area contributed by atoms with E-state index >= 15 is 0 Å². The summed E-state index contributed by atoms with van der Waals surface area (Å²) in [6.07, 6.45) is 3.06. The first-order valence-corrected chi connectivity index (χ1v) is 13.8. The van der Waals surface area contributed by atoms with Gasteiger partial charge in [0.2, 0.25) is 10.0 Å². The largest absolute Gasteiger partial charge is 0.497 e. The average molecular weight is 502 g/mol. The van der Waals surface area contributed by atoms with Crippen LogP contribution >= 0.6 is 11.3 Å². The van der Waals surface area contributed by atoms with E-state index in [-0.39, 0.29) is 10.6 Å². The van der Waals surface area contributed by atoms with Crippen molar-refractivity contribution in [3.8, 4) is 11.5 Å². The number of piperazine rings is 1. The summed E-state index contributed by atoms with van der Waals surface area (Å²) in [4.78, 5) is 7.14. The Labute approximate surface area is 206 Å². The number of hydrogen-bond acceptors (Lipinski definition) is 7. The summed E-state index contributed by atoms with van der Waals surface area (Å²) < 4.78 is 38.5. The normalized spacial score (nSPS) is 14.9. The third kappa shape index (κ3) is 5.37. The summed E-state index contributed by atoms with van der Waals surface area (Å²) in [6.45, 7) is 4.17. The van der Waals surface area contributed by atoms with Crippen LogP contribution < -0.4 is 14.4 Å². The number of anilines is 1. The van der Waals surface area contributed by atoms with Crippen molar-refractivity contribution in [1.82, 2.24) is 9.29 Å². The molecule has 0 amide bonds. The molecule has 0 unspecified atom stereocenters. The first-order valence-electron chi connectivity index (χ1n) is 11.4. The van der Waals surface area contributed by atoms with E-state index in [2.05, 4.69) is 41.5 Å². The molecule has 1 aliphatic heterocycles. The van der Waals surface area contributed by atoms with Gasteiger partial charge >= 0.3 is 0 Å². The molecule has 9 heteroatoms. The average Bonchev–Trinajstić information content (AvgIpc) is 3.33. The fourth-order valence-electron chi connectivity index (χ4n) is 4.09. The topological polar surface area (TPSA) is 72.0 Å². The molecule has 2 aromatic carbocycles. The second-order valence-electron chi connectivity index (χ2n) is 8.27. The summed E-state index contributed by atoms with van der Waals surface area (Å²) in [5, 5.41) is 3.04. The molecule has 7 nitrogen and oxygen atoms in total. The highest BCUT2D eigenvalue weighted by atomic mass is 32.2. The Morgan fingerprint density at radius 2 is 1.68 bits per heavy atom. The van der Waals surface area contributed by atoms with E-state index < -0.39 is 10.0 Å². The fourth-order valence-corrected chi connectivity index (χ4v) is 6.53. The summed E-state index contributed by atoms with van der Waals surface area (Å²) in [5.41, 5.74) is 3.66. The molecule has 0 atom stereocenters. The first kappa shape index (κ1) is 24.5. The molecule has 1 aromatic heterocycles. The second-order valence-corrected chi connectivity index (χ2v) is 11.0. The highest BCUT2D eigenvalue weighted by Crippen LogP contribution is 2.32. The van der Waals surface area contributed by atoms with Gasteiger partial charge in [0.15, 0.2) is 5.13 Å². The van der Waals surface area contributed by atoms with Gasteiger partial charge in [0.1, 0.15) is 16.4 Å². The standard InChI is InChI=1S/C25H31N3O4S2/c1-4-5-19-6-8-20(9-7-19)16-21-18-33-25(26-21)27-12-14-28(15-13-27)34(29,30)24-11-10-22(31-2)17-23(24)32-3/h6-11,17-18H,4-5,12-16H2,1-3H3. The highest BCUT2D eigenvalue weighted by molar-refractivity contribution is 7.89. The third-order valence-electron chi connectivity index (χ3n) is 5.98. The van der Waals surface area contributed by atoms with Gasteiger partial charge in [0.05, 0.1) is 19.9 Å². The Kier molecular flexibility index (Phi) is 7.75. The predicted molar refractivity (Wildman–Crippen MR) is 136 cm³/mol. The summed E-state index contributed by atoms with van der Waals surface area (Å²) in [7, 11) is -0.669. The van der Waals surface area contributed by atoms with Crippen molar-refractivity contribution in [2.75, 3.05) is 45.3 Å². The smallest absolute Gasteiger partial charge is 0.246 e. The van der Waals surface area contributed by atoms with E-state index in [4.69, 9.17) is 14.5 Å². The lowest BCUT2D eigenvalue weighted by Crippen LogP contribution is -2.48. The lowest BCUT2D eigenvalue weighted by atomic mass is 10.1. The number of hydrogen-bond donors (Lipinski definition) is 0. The van der Waals surface area contributed by atoms with Gasteiger partial charge < -0.3 is 14.4 Å². The van der Waals surface area contributed by atoms with Crippen LogP contribution in [-0.4, -0.2) is 58.1 Å². The molecule has 1 saturated heterocycles. The van der Waals surface area contributed by atoms with Gasteiger partial charge in [0, 0.05) is 44.0 Å². The van der Waals surface area contributed by atoms with Gasteiger partial charge in [-0.3, -0.25) is 0 Å². The molecule has 34 heavy (non-hydrogen) atoms. The lowest BCUT2D eigenvalue weighted by Gasteiger charge is -2.34. The second kappa shape index (κ2) is 10.8. The predicted octanol–water partition coefficient (Wildman–Crippen LogP) is 4.21. The zero-order chi connectivity index (χ0) is 24.1. The lowest BCUT2D eigenvalue weighted by molar-refractivity contribution is 0.370. The van der Waals surface area contributed by atoms with E-state index in [1.54, 1.807) is 29.5 Å². The van der Waals surface area contributed by atoms with Crippen molar-refractivity contribution in [3.63, 3.8) is 0 Å². The van der Waals surface area contributed by atoms with Crippen LogP contribution in [0.1, 0.15) is 30.2 Å². The van der Waals surface area contributed by atoms with E-state index in [0.29, 0.717) is 31.9 Å². The monoisotopic (exact) mass is 501 g/mol. The van der Waals surface area contributed by atoms with E-state index in [1.807, 2.05) is 0 Å². The Hall–Kier alpha value is -2.62. The van der Waals surface area contributed by atoms with Crippen molar-refractivity contribution in [2.24, 2.45) is 0 Å². The number of benzene rings is 2. The van der Waals surface area contributed by atoms with E-state index in [1.165, 1.54) is 29.7 Å². The number of ether oxygens (including phenoxy) is 2. The molecular formula is C25H31N3O4S2. The SMILES string of the molecule is CCCc1ccc(Cc2csc(N3CCN(S(=O)(=O)c4ccc(OC)cc4OC)CC3)n2)cc1. The summed E-state index contributed by atoms with van der Waals surface area (Å²) in [5.74, 6) is 0.839. The number of rotatable bonds is 9. The van der Waals surface area contributed by atoms with Crippen LogP contribution in [0.5, 0.6) is 11.5 Å². The maximum atomic E-state index is 13.3. The maximum Gasteiger partial charge on any atom is 0.246 e. The van der Waals surface area contributed by atoms with Crippen molar-refractivity contribution >= 4 is 26.5 Å². The first-order chi connectivity index (χ1) is 16.4. The third-order valence-corrected chi connectivity index (χ3v) is 8.87. The number of thiazole rings is 1. The molecule has 0 aliphatic carbocycles. The molecule has 3 aromatic rings. The summed E-state index contributed by atoms with van der Waals surface area (Å²) >= 11 is 1.61. The van der Waals surface area contributed by atoms with E-state index in [0.717, 1.165) is 30.1 Å². The molecule has 0 bridgehead atoms. The van der Waals surface area contributed by atoms with Gasteiger partial charge in [-0.05, 0) is 29.7 Å². The summed E-state index contributed by atoms with van der Waals surface area (Å²) in [6, 6.07) is 13.5. The van der Waals surface area contributed by atoms with Crippen molar-refractivity contribution in [2.45, 2.75) is 31.1 Å². The number of aromatic nitrogens is 1. The van der Waals surface area contributed by atoms with Crippen LogP contribution in [0.3, 0.4) is 0 Å². The minimum absolute atomic E-state index is 0.158. The Bertz CT molecular complexity index is 1200. The van der Waals surface area contributed by atoms with Gasteiger partial charge in [-0.15, -0.1) is 11.3 Å². The zero-order valence-electron chi connectivity index (χ0n) is 19.9. The van der Waals surface area contributed by atoms with Crippen molar-refractivity contribution < 1.29 is 17.9 Å². The van der Waals surface area contributed by atoms with Crippen LogP contribution in [0.2, 0.25) is 0 Å². The van der Waals surface area contributed by atoms with Crippen LogP contribution in [0.4, 0.5) is 5.13 Å². The zero-order valence-corrected chi connectivity index (χ0v) is 21.5. The number of aryl methyl sites for hydroxylation is 1. The van der Waals surface area contributed by atoms with Gasteiger partial charge in [-0.25, -0.2) is 13.4 Å². The van der Waals surface area contributed by atoms with Crippen LogP contribution in [0, 0.1) is 0 Å². The number of methoxy groups -OCH3 is 2. The number of sulfonamides is 1. The molecule has 1 aliphatic rings. The Balaban J connectivity index is 1.39. The molecule has 182 valence electrons. The fraction of sp³-hybridized carbons (Fsp3) is 0.400. The quantitative estimate of drug-likeness (QED) is 0.437. The molecule has 2 heterocycles. The van der Waals surface area contributed by atoms with Crippen molar-refractivity contribution in [1.29, 1.82) is 0 Å². The maximum absolute atomic E-state index is 13.3. The van der Waals surface area contributed by atoms with E-state index in [9.17, 15) is 8.42 Å². The van der Waals surface area contributed by atoms with Gasteiger partial charge in [-0.2, -0.15) is 4.31 Å². The minimum atomic E-state index is -3.67. The Morgan fingerprint density at radius 3 is 2.32 bits per heavy atom. The molecule has 1 fully saturated rings. The van der Waals surface area contributed by atoms with Crippen LogP contribution in [0.15, 0.2) is 52.7 Å². The molecular weight excluding hydrogens is 470 g/mol. The molecule has 4 rings (SSSR count). The molecule has 0 radical (unpaired) electrons. The minimum Gasteiger partial charge on any atom is -0.497 e. The number of nitrogens with zero attached hydrogens (tertiary/aromatic N) is 3. The van der Waals surface area contributed by atoms with Crippen LogP contribution in [0.25, 0.3) is 0 Å². The molecule has 0 N–H and O–H groups in total. The van der Waals surface area contributed by atoms with Crippen molar-refractivity contribution in [3.05, 3.63) is 64.7 Å². The highest BCUT2D eigenvalue weighted by Gasteiger charge is 2.31. The van der Waals surface area contributed by atoms with Gasteiger partial charge in [-0.1, -0.05) is 37.6 Å². The molecule has 0 saturated carbocycles. The Morgan fingerprint density at radius 1 is 0.971 bits per heavy atom. The van der Waals surface area contributed by atoms with Gasteiger partial charge in [0.25, 0.3) is 0 Å².